The van der Waals surface area contributed by atoms with E-state index in [1.807, 2.05) is 0 Å². The van der Waals surface area contributed by atoms with Crippen LogP contribution in [0.1, 0.15) is 54.9 Å². The average molecular weight is 245 g/mol. The third-order valence-corrected chi connectivity index (χ3v) is 4.46. The maximum Gasteiger partial charge on any atom is 0.0914 e. The Labute approximate surface area is 109 Å². The van der Waals surface area contributed by atoms with E-state index in [1.54, 1.807) is 0 Å². The van der Waals surface area contributed by atoms with Crippen molar-refractivity contribution in [2.45, 2.75) is 57.1 Å². The second kappa shape index (κ2) is 5.41. The number of hydrogen-bond donors (Lipinski definition) is 2. The summed E-state index contributed by atoms with van der Waals surface area (Å²) in [5, 5.41) is 13.7. The van der Waals surface area contributed by atoms with E-state index in [9.17, 15) is 5.11 Å². The van der Waals surface area contributed by atoms with Crippen LogP contribution < -0.4 is 5.32 Å². The van der Waals surface area contributed by atoms with Gasteiger partial charge in [-0.1, -0.05) is 31.0 Å². The first-order chi connectivity index (χ1) is 8.83. The Bertz CT molecular complexity index is 410. The molecule has 0 aromatic heterocycles. The van der Waals surface area contributed by atoms with Crippen LogP contribution in [-0.4, -0.2) is 17.7 Å². The number of benzene rings is 1. The Morgan fingerprint density at radius 1 is 1.11 bits per heavy atom. The second-order valence-corrected chi connectivity index (χ2v) is 5.79. The lowest BCUT2D eigenvalue weighted by molar-refractivity contribution is 0.170. The van der Waals surface area contributed by atoms with Gasteiger partial charge in [-0.25, -0.2) is 0 Å². The molecule has 0 saturated heterocycles. The summed E-state index contributed by atoms with van der Waals surface area (Å²) in [5.74, 6) is 0. The molecule has 2 N–H and O–H groups in total. The van der Waals surface area contributed by atoms with E-state index >= 15 is 0 Å². The minimum absolute atomic E-state index is 0.350. The van der Waals surface area contributed by atoms with Gasteiger partial charge in [0, 0.05) is 12.6 Å². The summed E-state index contributed by atoms with van der Waals surface area (Å²) in [6.07, 6.45) is 8.55. The van der Waals surface area contributed by atoms with Crippen molar-refractivity contribution in [3.05, 3.63) is 34.9 Å². The van der Waals surface area contributed by atoms with Crippen LogP contribution in [0.25, 0.3) is 0 Å². The van der Waals surface area contributed by atoms with Gasteiger partial charge in [0.05, 0.1) is 6.10 Å². The molecule has 0 amide bonds. The van der Waals surface area contributed by atoms with Gasteiger partial charge in [-0.05, 0) is 48.8 Å². The Morgan fingerprint density at radius 3 is 2.72 bits per heavy atom. The largest absolute Gasteiger partial charge is 0.387 e. The van der Waals surface area contributed by atoms with Crippen LogP contribution in [0.5, 0.6) is 0 Å². The lowest BCUT2D eigenvalue weighted by Crippen LogP contribution is -2.30. The molecule has 3 rings (SSSR count). The Kier molecular flexibility index (Phi) is 3.67. The molecule has 1 fully saturated rings. The molecule has 2 heteroatoms. The zero-order valence-electron chi connectivity index (χ0n) is 11.0. The van der Waals surface area contributed by atoms with Crippen molar-refractivity contribution in [2.24, 2.45) is 0 Å². The van der Waals surface area contributed by atoms with Gasteiger partial charge in [0.1, 0.15) is 0 Å². The fourth-order valence-electron chi connectivity index (χ4n) is 3.33. The molecule has 1 aromatic rings. The molecule has 0 bridgehead atoms. The standard InChI is InChI=1S/C16H23NO/c18-16(11-17-15-6-1-2-7-15)14-9-8-12-4-3-5-13(12)10-14/h8-10,15-18H,1-7,11H2. The monoisotopic (exact) mass is 245 g/mol. The van der Waals surface area contributed by atoms with E-state index < -0.39 is 0 Å². The SMILES string of the molecule is OC(CNC1CCCC1)c1ccc2c(c1)CCC2. The first-order valence-electron chi connectivity index (χ1n) is 7.36. The summed E-state index contributed by atoms with van der Waals surface area (Å²) in [4.78, 5) is 0. The fourth-order valence-corrected chi connectivity index (χ4v) is 3.33. The van der Waals surface area contributed by atoms with Gasteiger partial charge in [0.2, 0.25) is 0 Å². The van der Waals surface area contributed by atoms with E-state index in [1.165, 1.54) is 56.1 Å². The summed E-state index contributed by atoms with van der Waals surface area (Å²) < 4.78 is 0. The van der Waals surface area contributed by atoms with E-state index in [2.05, 4.69) is 23.5 Å². The van der Waals surface area contributed by atoms with E-state index in [0.29, 0.717) is 12.6 Å². The van der Waals surface area contributed by atoms with Crippen LogP contribution in [-0.2, 0) is 12.8 Å². The first kappa shape index (κ1) is 12.2. The number of aryl methyl sites for hydroxylation is 2. The molecular weight excluding hydrogens is 222 g/mol. The summed E-state index contributed by atoms with van der Waals surface area (Å²) in [6.45, 7) is 0.698. The number of fused-ring (bicyclic) bond motifs is 1. The van der Waals surface area contributed by atoms with Gasteiger partial charge in [-0.2, -0.15) is 0 Å². The molecule has 0 heterocycles. The predicted octanol–water partition coefficient (Wildman–Crippen LogP) is 2.74. The lowest BCUT2D eigenvalue weighted by Gasteiger charge is -2.17. The maximum absolute atomic E-state index is 10.2. The van der Waals surface area contributed by atoms with Gasteiger partial charge in [-0.15, -0.1) is 0 Å². The summed E-state index contributed by atoms with van der Waals surface area (Å²) >= 11 is 0. The molecule has 1 atom stereocenters. The zero-order valence-corrected chi connectivity index (χ0v) is 11.0. The molecule has 2 nitrogen and oxygen atoms in total. The molecule has 1 saturated carbocycles. The maximum atomic E-state index is 10.2. The van der Waals surface area contributed by atoms with Crippen molar-refractivity contribution < 1.29 is 5.11 Å². The lowest BCUT2D eigenvalue weighted by atomic mass is 10.0. The summed E-state index contributed by atoms with van der Waals surface area (Å²) in [5.41, 5.74) is 4.02. The average Bonchev–Trinajstić information content (AvgIpc) is 3.05. The number of hydrogen-bond acceptors (Lipinski definition) is 2. The number of nitrogens with one attached hydrogen (secondary N) is 1. The highest BCUT2D eigenvalue weighted by molar-refractivity contribution is 5.36. The highest BCUT2D eigenvalue weighted by atomic mass is 16.3. The highest BCUT2D eigenvalue weighted by Gasteiger charge is 2.17. The number of rotatable bonds is 4. The van der Waals surface area contributed by atoms with Crippen molar-refractivity contribution >= 4 is 0 Å². The van der Waals surface area contributed by atoms with Crippen molar-refractivity contribution in [2.75, 3.05) is 6.54 Å². The molecule has 0 aliphatic heterocycles. The van der Waals surface area contributed by atoms with Crippen LogP contribution >= 0.6 is 0 Å². The van der Waals surface area contributed by atoms with Crippen LogP contribution in [0.3, 0.4) is 0 Å². The minimum Gasteiger partial charge on any atom is -0.387 e. The van der Waals surface area contributed by atoms with Gasteiger partial charge < -0.3 is 10.4 Å². The smallest absolute Gasteiger partial charge is 0.0914 e. The molecular formula is C16H23NO. The van der Waals surface area contributed by atoms with E-state index in [-0.39, 0.29) is 6.10 Å². The Hall–Kier alpha value is -0.860. The van der Waals surface area contributed by atoms with Crippen molar-refractivity contribution in [1.29, 1.82) is 0 Å². The molecule has 18 heavy (non-hydrogen) atoms. The van der Waals surface area contributed by atoms with E-state index in [0.717, 1.165) is 5.56 Å². The molecule has 2 aliphatic rings. The van der Waals surface area contributed by atoms with Crippen molar-refractivity contribution in [3.8, 4) is 0 Å². The van der Waals surface area contributed by atoms with Gasteiger partial charge in [0.25, 0.3) is 0 Å². The quantitative estimate of drug-likeness (QED) is 0.855. The molecule has 0 spiro atoms. The molecule has 1 unspecified atom stereocenters. The topological polar surface area (TPSA) is 32.3 Å². The zero-order chi connectivity index (χ0) is 12.4. The van der Waals surface area contributed by atoms with Gasteiger partial charge in [0.15, 0.2) is 0 Å². The van der Waals surface area contributed by atoms with Gasteiger partial charge in [-0.3, -0.25) is 0 Å². The fraction of sp³-hybridized carbons (Fsp3) is 0.625. The predicted molar refractivity (Wildman–Crippen MR) is 73.7 cm³/mol. The normalized spacial score (nSPS) is 21.2. The van der Waals surface area contributed by atoms with Crippen LogP contribution in [0.2, 0.25) is 0 Å². The minimum atomic E-state index is -0.350. The Morgan fingerprint density at radius 2 is 1.89 bits per heavy atom. The van der Waals surface area contributed by atoms with Crippen LogP contribution in [0, 0.1) is 0 Å². The molecule has 2 aliphatic carbocycles. The first-order valence-corrected chi connectivity index (χ1v) is 7.36. The van der Waals surface area contributed by atoms with Crippen LogP contribution in [0.15, 0.2) is 18.2 Å². The van der Waals surface area contributed by atoms with E-state index in [4.69, 9.17) is 0 Å². The molecule has 1 aromatic carbocycles. The summed E-state index contributed by atoms with van der Waals surface area (Å²) in [7, 11) is 0. The highest BCUT2D eigenvalue weighted by Crippen LogP contribution is 2.25. The second-order valence-electron chi connectivity index (χ2n) is 5.79. The Balaban J connectivity index is 1.59. The van der Waals surface area contributed by atoms with Crippen molar-refractivity contribution in [1.82, 2.24) is 5.32 Å². The van der Waals surface area contributed by atoms with Gasteiger partial charge >= 0.3 is 0 Å². The third-order valence-electron chi connectivity index (χ3n) is 4.46. The third kappa shape index (κ3) is 2.60. The van der Waals surface area contributed by atoms with Crippen molar-refractivity contribution in [3.63, 3.8) is 0 Å². The summed E-state index contributed by atoms with van der Waals surface area (Å²) in [6, 6.07) is 7.15. The molecule has 98 valence electrons. The van der Waals surface area contributed by atoms with Crippen LogP contribution in [0.4, 0.5) is 0 Å². The number of aliphatic hydroxyl groups excluding tert-OH is 1. The molecule has 0 radical (unpaired) electrons. The number of aliphatic hydroxyl groups is 1.